The molecule has 1 aliphatic carbocycles. The van der Waals surface area contributed by atoms with Crippen molar-refractivity contribution in [3.8, 4) is 0 Å². The molecule has 5 heteroatoms. The summed E-state index contributed by atoms with van der Waals surface area (Å²) in [6, 6.07) is 12.9. The van der Waals surface area contributed by atoms with Gasteiger partial charge in [-0.3, -0.25) is 0 Å². The second kappa shape index (κ2) is 6.37. The molecule has 0 saturated heterocycles. The van der Waals surface area contributed by atoms with Crippen LogP contribution in [0, 0.1) is 6.92 Å². The molecule has 0 aliphatic heterocycles. The topological polar surface area (TPSA) is 69.7 Å². The van der Waals surface area contributed by atoms with E-state index in [-0.39, 0.29) is 12.4 Å². The van der Waals surface area contributed by atoms with E-state index in [1.54, 1.807) is 0 Å². The number of furan rings is 1. The molecule has 5 nitrogen and oxygen atoms in total. The molecule has 0 fully saturated rings. The zero-order valence-corrected chi connectivity index (χ0v) is 15.4. The van der Waals surface area contributed by atoms with Gasteiger partial charge in [-0.15, -0.1) is 0 Å². The van der Waals surface area contributed by atoms with Crippen LogP contribution in [0.15, 0.2) is 56.1 Å². The van der Waals surface area contributed by atoms with Gasteiger partial charge in [0, 0.05) is 28.0 Å². The quantitative estimate of drug-likeness (QED) is 0.384. The van der Waals surface area contributed by atoms with Crippen LogP contribution in [0.4, 0.5) is 0 Å². The minimum Gasteiger partial charge on any atom is -0.455 e. The number of rotatable bonds is 3. The lowest BCUT2D eigenvalue weighted by molar-refractivity contribution is 0.0438. The number of hydrogen-bond donors (Lipinski definition) is 0. The lowest BCUT2D eigenvalue weighted by Gasteiger charge is -2.08. The van der Waals surface area contributed by atoms with Gasteiger partial charge in [-0.1, -0.05) is 18.2 Å². The number of fused-ring (bicyclic) bond motifs is 3. The number of ether oxygens (including phenoxy) is 1. The second-order valence-corrected chi connectivity index (χ2v) is 7.19. The summed E-state index contributed by atoms with van der Waals surface area (Å²) in [4.78, 5) is 24.6. The van der Waals surface area contributed by atoms with Gasteiger partial charge in [0.2, 0.25) is 5.76 Å². The maximum absolute atomic E-state index is 12.6. The number of carbonyl (C=O) groups excluding carboxylic acids is 1. The highest BCUT2D eigenvalue weighted by atomic mass is 16.5. The zero-order valence-electron chi connectivity index (χ0n) is 15.4. The standard InChI is InChI=1S/C23H18O5/c1-13-17-7-2-3-8-19(17)28-22(13)23(25)26-12-16-11-21(24)27-20-10-15-6-4-5-14(15)9-18(16)20/h2-3,7-11H,4-6,12H2,1H3. The number of carbonyl (C=O) groups is 1. The van der Waals surface area contributed by atoms with Gasteiger partial charge in [0.1, 0.15) is 17.8 Å². The number of hydrogen-bond acceptors (Lipinski definition) is 5. The van der Waals surface area contributed by atoms with E-state index < -0.39 is 11.6 Å². The molecule has 2 aromatic carbocycles. The normalized spacial score (nSPS) is 13.2. The van der Waals surface area contributed by atoms with E-state index in [2.05, 4.69) is 6.07 Å². The third-order valence-corrected chi connectivity index (χ3v) is 5.43. The number of benzene rings is 2. The Morgan fingerprint density at radius 1 is 1.00 bits per heavy atom. The maximum Gasteiger partial charge on any atom is 0.374 e. The first-order valence-electron chi connectivity index (χ1n) is 9.34. The van der Waals surface area contributed by atoms with Crippen molar-refractivity contribution in [2.45, 2.75) is 32.8 Å². The van der Waals surface area contributed by atoms with E-state index in [4.69, 9.17) is 13.6 Å². The fourth-order valence-corrected chi connectivity index (χ4v) is 3.99. The van der Waals surface area contributed by atoms with Crippen LogP contribution in [-0.4, -0.2) is 5.97 Å². The van der Waals surface area contributed by atoms with Crippen LogP contribution in [0.1, 0.15) is 39.2 Å². The van der Waals surface area contributed by atoms with Gasteiger partial charge >= 0.3 is 11.6 Å². The third kappa shape index (κ3) is 2.71. The first-order chi connectivity index (χ1) is 13.6. The van der Waals surface area contributed by atoms with Gasteiger partial charge in [-0.05, 0) is 55.5 Å². The zero-order chi connectivity index (χ0) is 19.3. The molecule has 2 heterocycles. The summed E-state index contributed by atoms with van der Waals surface area (Å²) in [5.74, 6) is -0.356. The van der Waals surface area contributed by atoms with Crippen molar-refractivity contribution in [1.82, 2.24) is 0 Å². The van der Waals surface area contributed by atoms with E-state index in [1.165, 1.54) is 17.2 Å². The Kier molecular flexibility index (Phi) is 3.83. The Balaban J connectivity index is 1.47. The predicted molar refractivity (Wildman–Crippen MR) is 105 cm³/mol. The van der Waals surface area contributed by atoms with Gasteiger partial charge in [0.05, 0.1) is 0 Å². The maximum atomic E-state index is 12.6. The van der Waals surface area contributed by atoms with E-state index in [1.807, 2.05) is 37.3 Å². The second-order valence-electron chi connectivity index (χ2n) is 7.19. The molecule has 0 saturated carbocycles. The number of para-hydroxylation sites is 1. The average Bonchev–Trinajstić information content (AvgIpc) is 3.28. The average molecular weight is 374 g/mol. The van der Waals surface area contributed by atoms with Crippen molar-refractivity contribution >= 4 is 27.9 Å². The van der Waals surface area contributed by atoms with E-state index in [0.717, 1.165) is 35.6 Å². The molecule has 4 aromatic rings. The van der Waals surface area contributed by atoms with Gasteiger partial charge in [0.25, 0.3) is 0 Å². The highest BCUT2D eigenvalue weighted by molar-refractivity contribution is 5.96. The predicted octanol–water partition coefficient (Wildman–Crippen LogP) is 4.69. The first kappa shape index (κ1) is 16.8. The summed E-state index contributed by atoms with van der Waals surface area (Å²) in [6.45, 7) is 1.81. The molecule has 28 heavy (non-hydrogen) atoms. The van der Waals surface area contributed by atoms with Gasteiger partial charge < -0.3 is 13.6 Å². The molecular formula is C23H18O5. The van der Waals surface area contributed by atoms with E-state index in [9.17, 15) is 9.59 Å². The highest BCUT2D eigenvalue weighted by Crippen LogP contribution is 2.29. The Labute approximate surface area is 160 Å². The monoisotopic (exact) mass is 374 g/mol. The summed E-state index contributed by atoms with van der Waals surface area (Å²) >= 11 is 0. The Bertz CT molecular complexity index is 1290. The minimum atomic E-state index is -0.545. The molecule has 0 spiro atoms. The number of esters is 1. The molecule has 0 N–H and O–H groups in total. The lowest BCUT2D eigenvalue weighted by atomic mass is 10.0. The molecule has 0 unspecified atom stereocenters. The Morgan fingerprint density at radius 2 is 1.79 bits per heavy atom. The molecule has 0 radical (unpaired) electrons. The minimum absolute atomic E-state index is 0.0177. The summed E-state index contributed by atoms with van der Waals surface area (Å²) in [5.41, 5.74) is 4.62. The Hall–Kier alpha value is -3.34. The summed E-state index contributed by atoms with van der Waals surface area (Å²) < 4.78 is 16.5. The van der Waals surface area contributed by atoms with Gasteiger partial charge in [-0.2, -0.15) is 0 Å². The summed E-state index contributed by atoms with van der Waals surface area (Å²) in [5, 5.41) is 1.70. The van der Waals surface area contributed by atoms with Crippen molar-refractivity contribution in [3.05, 3.63) is 80.9 Å². The van der Waals surface area contributed by atoms with Crippen molar-refractivity contribution in [2.75, 3.05) is 0 Å². The molecular weight excluding hydrogens is 356 g/mol. The third-order valence-electron chi connectivity index (χ3n) is 5.43. The van der Waals surface area contributed by atoms with Crippen LogP contribution >= 0.6 is 0 Å². The van der Waals surface area contributed by atoms with Crippen molar-refractivity contribution < 1.29 is 18.4 Å². The van der Waals surface area contributed by atoms with Crippen LogP contribution in [0.25, 0.3) is 21.9 Å². The van der Waals surface area contributed by atoms with Gasteiger partial charge in [-0.25, -0.2) is 9.59 Å². The molecule has 0 amide bonds. The van der Waals surface area contributed by atoms with Crippen LogP contribution in [-0.2, 0) is 24.2 Å². The number of aryl methyl sites for hydroxylation is 3. The highest BCUT2D eigenvalue weighted by Gasteiger charge is 2.20. The van der Waals surface area contributed by atoms with Crippen LogP contribution in [0.3, 0.4) is 0 Å². The van der Waals surface area contributed by atoms with Crippen LogP contribution in [0.2, 0.25) is 0 Å². The van der Waals surface area contributed by atoms with Crippen LogP contribution < -0.4 is 5.63 Å². The van der Waals surface area contributed by atoms with Crippen molar-refractivity contribution in [1.29, 1.82) is 0 Å². The largest absolute Gasteiger partial charge is 0.455 e. The van der Waals surface area contributed by atoms with Crippen LogP contribution in [0.5, 0.6) is 0 Å². The summed E-state index contributed by atoms with van der Waals surface area (Å²) in [6.07, 6.45) is 3.12. The van der Waals surface area contributed by atoms with E-state index >= 15 is 0 Å². The summed E-state index contributed by atoms with van der Waals surface area (Å²) in [7, 11) is 0. The smallest absolute Gasteiger partial charge is 0.374 e. The molecule has 2 aromatic heterocycles. The van der Waals surface area contributed by atoms with Crippen molar-refractivity contribution in [2.24, 2.45) is 0 Å². The molecule has 1 aliphatic rings. The SMILES string of the molecule is Cc1c(C(=O)OCc2cc(=O)oc3cc4c(cc23)CCC4)oc2ccccc12. The van der Waals surface area contributed by atoms with E-state index in [0.29, 0.717) is 16.7 Å². The van der Waals surface area contributed by atoms with Gasteiger partial charge in [0.15, 0.2) is 0 Å². The lowest BCUT2D eigenvalue weighted by Crippen LogP contribution is -2.08. The molecule has 0 atom stereocenters. The molecule has 140 valence electrons. The Morgan fingerprint density at radius 3 is 2.61 bits per heavy atom. The fraction of sp³-hybridized carbons (Fsp3) is 0.217. The van der Waals surface area contributed by atoms with Crippen molar-refractivity contribution in [3.63, 3.8) is 0 Å². The molecule has 5 rings (SSSR count). The fourth-order valence-electron chi connectivity index (χ4n) is 3.99. The molecule has 0 bridgehead atoms. The first-order valence-corrected chi connectivity index (χ1v) is 9.34.